The molecule has 1 atom stereocenters. The molecule has 6 rings (SSSR count). The number of nitrogen functional groups attached to an aromatic ring is 1. The van der Waals surface area contributed by atoms with Crippen LogP contribution in [-0.2, 0) is 42.9 Å². The monoisotopic (exact) mass is 847 g/mol. The summed E-state index contributed by atoms with van der Waals surface area (Å²) < 4.78 is 52.7. The van der Waals surface area contributed by atoms with Crippen LogP contribution in [0.3, 0.4) is 0 Å². The van der Waals surface area contributed by atoms with E-state index in [0.29, 0.717) is 76.7 Å². The highest BCUT2D eigenvalue weighted by atomic mass is 35.5. The number of hydrogen-bond donors (Lipinski definition) is 2. The van der Waals surface area contributed by atoms with E-state index in [4.69, 9.17) is 26.8 Å². The lowest BCUT2D eigenvalue weighted by Crippen LogP contribution is -2.52. The number of fused-ring (bicyclic) bond motifs is 1. The fourth-order valence-electron chi connectivity index (χ4n) is 8.59. The second-order valence-corrected chi connectivity index (χ2v) is 16.5. The third-order valence-electron chi connectivity index (χ3n) is 12.1. The number of benzene rings is 2. The van der Waals surface area contributed by atoms with Gasteiger partial charge < -0.3 is 40.1 Å². The number of likely N-dealkylation sites (N-methyl/N-ethyl adjacent to an activating group) is 1. The molecule has 59 heavy (non-hydrogen) atoms. The minimum absolute atomic E-state index is 0.0457. The Hall–Kier alpha value is -4.77. The summed E-state index contributed by atoms with van der Waals surface area (Å²) in [6, 6.07) is 9.41. The molecule has 3 N–H and O–H groups in total. The molecule has 3 fully saturated rings. The molecule has 322 valence electrons. The number of carbonyl (C=O) groups is 5. The Morgan fingerprint density at radius 2 is 1.54 bits per heavy atom. The molecule has 2 aromatic carbocycles. The fraction of sp³-hybridized carbons (Fsp3) is 0.585. The standard InChI is InChI=1S/C41H53ClF3N7O7/c1-48(2)35(53)25-58-36(54)24-49-14-7-27(8-15-49)28-9-16-50(17-10-28)38(55)34(23-26-21-31(41(43,44)45)37(46)32(42)22-26)59-40(57)51-18-12-30(13-19-51)52-20-11-29-5-3-4-6-33(29)47-39(52)56/h3-6,21-22,27-28,30,34H,7-20,23-25,46H2,1-2H3,(H,47,56)/t34-/m1/s1. The summed E-state index contributed by atoms with van der Waals surface area (Å²) in [6.07, 6.45) is -2.59. The lowest BCUT2D eigenvalue weighted by molar-refractivity contribution is -0.152. The highest BCUT2D eigenvalue weighted by molar-refractivity contribution is 6.33. The minimum atomic E-state index is -4.80. The average molecular weight is 848 g/mol. The van der Waals surface area contributed by atoms with Gasteiger partial charge in [0.05, 0.1) is 22.8 Å². The van der Waals surface area contributed by atoms with Crippen LogP contribution < -0.4 is 11.1 Å². The van der Waals surface area contributed by atoms with Crippen LogP contribution in [0.25, 0.3) is 0 Å². The molecule has 4 aliphatic rings. The molecule has 3 saturated heterocycles. The maximum absolute atomic E-state index is 14.2. The highest BCUT2D eigenvalue weighted by Gasteiger charge is 2.39. The number of ether oxygens (including phenoxy) is 2. The van der Waals surface area contributed by atoms with Crippen LogP contribution in [-0.4, -0.2) is 140 Å². The van der Waals surface area contributed by atoms with Gasteiger partial charge in [0.2, 0.25) is 0 Å². The summed E-state index contributed by atoms with van der Waals surface area (Å²) in [4.78, 5) is 73.3. The van der Waals surface area contributed by atoms with Gasteiger partial charge in [0.1, 0.15) is 0 Å². The van der Waals surface area contributed by atoms with Crippen LogP contribution in [0.2, 0.25) is 5.02 Å². The largest absolute Gasteiger partial charge is 0.455 e. The van der Waals surface area contributed by atoms with Crippen LogP contribution >= 0.6 is 11.6 Å². The van der Waals surface area contributed by atoms with Crippen molar-refractivity contribution in [3.63, 3.8) is 0 Å². The maximum Gasteiger partial charge on any atom is 0.418 e. The van der Waals surface area contributed by atoms with E-state index >= 15 is 0 Å². The summed E-state index contributed by atoms with van der Waals surface area (Å²) in [5.41, 5.74) is 5.78. The quantitative estimate of drug-likeness (QED) is 0.245. The second-order valence-electron chi connectivity index (χ2n) is 16.1. The van der Waals surface area contributed by atoms with Crippen molar-refractivity contribution >= 4 is 52.9 Å². The summed E-state index contributed by atoms with van der Waals surface area (Å²) >= 11 is 6.14. The number of amides is 5. The zero-order valence-corrected chi connectivity index (χ0v) is 34.2. The number of nitrogens with zero attached hydrogens (tertiary/aromatic N) is 5. The van der Waals surface area contributed by atoms with Crippen molar-refractivity contribution in [3.05, 3.63) is 58.1 Å². The van der Waals surface area contributed by atoms with E-state index in [1.54, 1.807) is 23.9 Å². The fourth-order valence-corrected chi connectivity index (χ4v) is 8.83. The molecule has 0 unspecified atom stereocenters. The van der Waals surface area contributed by atoms with Crippen molar-refractivity contribution in [1.82, 2.24) is 24.5 Å². The number of para-hydroxylation sites is 1. The van der Waals surface area contributed by atoms with Crippen LogP contribution in [0.15, 0.2) is 36.4 Å². The van der Waals surface area contributed by atoms with Crippen molar-refractivity contribution in [2.75, 3.05) is 84.1 Å². The Morgan fingerprint density at radius 1 is 0.915 bits per heavy atom. The van der Waals surface area contributed by atoms with E-state index in [-0.39, 0.29) is 61.2 Å². The molecule has 4 aliphatic heterocycles. The summed E-state index contributed by atoms with van der Waals surface area (Å²) in [5.74, 6) is -0.552. The molecule has 14 nitrogen and oxygen atoms in total. The van der Waals surface area contributed by atoms with Gasteiger partial charge in [-0.25, -0.2) is 9.59 Å². The van der Waals surface area contributed by atoms with Gasteiger partial charge in [0, 0.05) is 65.0 Å². The molecule has 0 saturated carbocycles. The van der Waals surface area contributed by atoms with Crippen molar-refractivity contribution in [1.29, 1.82) is 0 Å². The lowest BCUT2D eigenvalue weighted by Gasteiger charge is -2.41. The Labute approximate surface area is 347 Å². The number of hydrogen-bond acceptors (Lipinski definition) is 9. The molecular formula is C41H53ClF3N7O7. The number of rotatable bonds is 10. The summed E-state index contributed by atoms with van der Waals surface area (Å²) in [5, 5.41) is 2.66. The lowest BCUT2D eigenvalue weighted by atomic mass is 9.78. The summed E-state index contributed by atoms with van der Waals surface area (Å²) in [6.45, 7) is 3.00. The third kappa shape index (κ3) is 11.1. The van der Waals surface area contributed by atoms with Gasteiger partial charge in [0.15, 0.2) is 12.7 Å². The zero-order chi connectivity index (χ0) is 42.4. The molecule has 5 amide bonds. The maximum atomic E-state index is 14.2. The number of anilines is 2. The van der Waals surface area contributed by atoms with Gasteiger partial charge >= 0.3 is 24.3 Å². The number of urea groups is 1. The van der Waals surface area contributed by atoms with Gasteiger partial charge in [-0.15, -0.1) is 0 Å². The molecule has 18 heteroatoms. The molecule has 4 heterocycles. The predicted octanol–water partition coefficient (Wildman–Crippen LogP) is 5.13. The first-order chi connectivity index (χ1) is 28.1. The first kappa shape index (κ1) is 43.8. The second kappa shape index (κ2) is 19.1. The van der Waals surface area contributed by atoms with Crippen LogP contribution in [0.1, 0.15) is 55.2 Å². The number of nitrogens with two attached hydrogens (primary N) is 1. The minimum Gasteiger partial charge on any atom is -0.455 e. The Morgan fingerprint density at radius 3 is 2.19 bits per heavy atom. The van der Waals surface area contributed by atoms with E-state index in [9.17, 15) is 37.1 Å². The molecule has 0 aliphatic carbocycles. The van der Waals surface area contributed by atoms with E-state index in [0.717, 1.165) is 30.2 Å². The van der Waals surface area contributed by atoms with Crippen molar-refractivity contribution in [2.45, 2.75) is 69.7 Å². The van der Waals surface area contributed by atoms with Crippen molar-refractivity contribution < 1.29 is 46.6 Å². The van der Waals surface area contributed by atoms with Crippen molar-refractivity contribution in [2.24, 2.45) is 11.8 Å². The van der Waals surface area contributed by atoms with Gasteiger partial charge in [-0.2, -0.15) is 13.2 Å². The van der Waals surface area contributed by atoms with Crippen molar-refractivity contribution in [3.8, 4) is 0 Å². The van der Waals surface area contributed by atoms with E-state index in [1.807, 2.05) is 29.2 Å². The first-order valence-electron chi connectivity index (χ1n) is 20.2. The number of carbonyl (C=O) groups excluding carboxylic acids is 5. The topological polar surface area (TPSA) is 158 Å². The molecule has 0 radical (unpaired) electrons. The SMILES string of the molecule is CN(C)C(=O)COC(=O)CN1CCC(C2CCN(C(=O)[C@@H](Cc3cc(Cl)c(N)c(C(F)(F)F)c3)OC(=O)N3CCC(N4CCc5ccccc5NC4=O)CC3)CC2)CC1. The van der Waals surface area contributed by atoms with Gasteiger partial charge in [-0.3, -0.25) is 19.3 Å². The Bertz CT molecular complexity index is 1860. The molecule has 0 aromatic heterocycles. The first-order valence-corrected chi connectivity index (χ1v) is 20.6. The number of halogens is 4. The third-order valence-corrected chi connectivity index (χ3v) is 12.4. The van der Waals surface area contributed by atoms with Gasteiger partial charge in [-0.1, -0.05) is 29.8 Å². The Balaban J connectivity index is 1.05. The molecular weight excluding hydrogens is 795 g/mol. The van der Waals surface area contributed by atoms with Gasteiger partial charge in [0.25, 0.3) is 11.8 Å². The smallest absolute Gasteiger partial charge is 0.418 e. The number of alkyl halides is 3. The van der Waals surface area contributed by atoms with Crippen LogP contribution in [0.4, 0.5) is 34.1 Å². The van der Waals surface area contributed by atoms with Gasteiger partial charge in [-0.05, 0) is 99.2 Å². The number of esters is 1. The van der Waals surface area contributed by atoms with Crippen LogP contribution in [0.5, 0.6) is 0 Å². The number of piperidine rings is 3. The normalized spacial score (nSPS) is 19.4. The predicted molar refractivity (Wildman–Crippen MR) is 213 cm³/mol. The molecule has 0 bridgehead atoms. The number of nitrogens with one attached hydrogen (secondary N) is 1. The summed E-state index contributed by atoms with van der Waals surface area (Å²) in [7, 11) is 3.18. The van der Waals surface area contributed by atoms with Crippen LogP contribution in [0, 0.1) is 11.8 Å². The highest BCUT2D eigenvalue weighted by Crippen LogP contribution is 2.39. The molecule has 2 aromatic rings. The zero-order valence-electron chi connectivity index (χ0n) is 33.5. The molecule has 0 spiro atoms. The number of likely N-dealkylation sites (tertiary alicyclic amines) is 3. The average Bonchev–Trinajstić information content (AvgIpc) is 3.38. The van der Waals surface area contributed by atoms with E-state index in [1.165, 1.54) is 15.9 Å². The van der Waals surface area contributed by atoms with E-state index in [2.05, 4.69) is 5.32 Å². The van der Waals surface area contributed by atoms with E-state index < -0.39 is 41.5 Å². The Kier molecular flexibility index (Phi) is 14.2.